The molecule has 2 heterocycles. The number of rotatable bonds is 9. The second-order valence-corrected chi connectivity index (χ2v) is 9.68. The number of aryl methyl sites for hydroxylation is 1. The molecule has 1 aromatic heterocycles. The van der Waals surface area contributed by atoms with E-state index in [-0.39, 0.29) is 33.0 Å². The number of hydrogen-bond acceptors (Lipinski definition) is 7. The first kappa shape index (κ1) is 27.9. The van der Waals surface area contributed by atoms with Crippen molar-refractivity contribution in [2.24, 2.45) is 12.0 Å². The van der Waals surface area contributed by atoms with E-state index >= 15 is 0 Å². The van der Waals surface area contributed by atoms with Crippen LogP contribution in [0.4, 0.5) is 30.2 Å². The number of anilines is 3. The molecule has 2 aromatic carbocycles. The van der Waals surface area contributed by atoms with E-state index in [9.17, 15) is 18.0 Å². The summed E-state index contributed by atoms with van der Waals surface area (Å²) >= 11 is 2.87. The first-order valence-electron chi connectivity index (χ1n) is 11.7. The molecule has 0 aliphatic carbocycles. The smallest absolute Gasteiger partial charge is 0.248 e. The average Bonchev–Trinajstić information content (AvgIpc) is 3.28. The Hall–Kier alpha value is -4.10. The third-order valence-corrected chi connectivity index (χ3v) is 6.20. The molecule has 1 aliphatic rings. The monoisotopic (exact) mass is 602 g/mol. The molecule has 1 aliphatic heterocycles. The number of amides is 1. The fourth-order valence-electron chi connectivity index (χ4n) is 3.61. The van der Waals surface area contributed by atoms with Crippen LogP contribution in [0.5, 0.6) is 0 Å². The average molecular weight is 603 g/mol. The van der Waals surface area contributed by atoms with Gasteiger partial charge in [-0.15, -0.1) is 0 Å². The lowest BCUT2D eigenvalue weighted by Gasteiger charge is -2.27. The molecule has 0 fully saturated rings. The Morgan fingerprint density at radius 3 is 2.56 bits per heavy atom. The van der Waals surface area contributed by atoms with Crippen LogP contribution in [0.1, 0.15) is 5.56 Å². The first-order valence-corrected chi connectivity index (χ1v) is 12.5. The zero-order valence-electron chi connectivity index (χ0n) is 21.3. The van der Waals surface area contributed by atoms with Gasteiger partial charge in [-0.2, -0.15) is 5.10 Å². The summed E-state index contributed by atoms with van der Waals surface area (Å²) in [5, 5.41) is 15.9. The van der Waals surface area contributed by atoms with Crippen molar-refractivity contribution < 1.29 is 18.0 Å². The minimum Gasteiger partial charge on any atom is -0.344 e. The molecule has 3 aromatic rings. The number of allylic oxidation sites excluding steroid dienone is 1. The summed E-state index contributed by atoms with van der Waals surface area (Å²) in [4.78, 5) is 18.6. The van der Waals surface area contributed by atoms with Gasteiger partial charge in [0.1, 0.15) is 23.3 Å². The third kappa shape index (κ3) is 7.27. The van der Waals surface area contributed by atoms with E-state index in [0.29, 0.717) is 17.9 Å². The predicted molar refractivity (Wildman–Crippen MR) is 150 cm³/mol. The minimum atomic E-state index is -0.806. The number of carbonyl (C=O) groups excluding carboxylic acids is 1. The quantitative estimate of drug-likeness (QED) is 0.213. The summed E-state index contributed by atoms with van der Waals surface area (Å²) < 4.78 is 44.9. The van der Waals surface area contributed by atoms with Crippen LogP contribution in [0.25, 0.3) is 5.57 Å². The Kier molecular flexibility index (Phi) is 8.72. The van der Waals surface area contributed by atoms with Crippen LogP contribution in [0.3, 0.4) is 0 Å². The van der Waals surface area contributed by atoms with Gasteiger partial charge < -0.3 is 26.2 Å². The molecule has 0 spiro atoms. The van der Waals surface area contributed by atoms with Gasteiger partial charge >= 0.3 is 0 Å². The number of likely N-dealkylation sites (N-methyl/N-ethyl adjacent to an activating group) is 1. The van der Waals surface area contributed by atoms with Gasteiger partial charge in [-0.25, -0.2) is 18.2 Å². The molecule has 9 nitrogen and oxygen atoms in total. The van der Waals surface area contributed by atoms with Gasteiger partial charge in [0.2, 0.25) is 5.91 Å². The number of hydrogen-bond donors (Lipinski definition) is 4. The lowest BCUT2D eigenvalue weighted by Crippen LogP contribution is -2.39. The second-order valence-electron chi connectivity index (χ2n) is 8.89. The minimum absolute atomic E-state index is 0.0126. The van der Waals surface area contributed by atoms with Crippen LogP contribution >= 0.6 is 15.9 Å². The van der Waals surface area contributed by atoms with Crippen LogP contribution in [0, 0.1) is 17.5 Å². The first-order chi connectivity index (χ1) is 18.6. The highest BCUT2D eigenvalue weighted by molar-refractivity contribution is 9.10. The Morgan fingerprint density at radius 1 is 1.15 bits per heavy atom. The summed E-state index contributed by atoms with van der Waals surface area (Å²) in [5.41, 5.74) is 1.47. The molecule has 0 saturated heterocycles. The van der Waals surface area contributed by atoms with Crippen molar-refractivity contribution in [2.75, 3.05) is 36.6 Å². The highest BCUT2D eigenvalue weighted by Gasteiger charge is 2.21. The normalized spacial score (nSPS) is 15.1. The number of aliphatic imine (C=N–C) groups is 1. The Labute approximate surface area is 231 Å². The summed E-state index contributed by atoms with van der Waals surface area (Å²) in [6, 6.07) is 6.31. The van der Waals surface area contributed by atoms with E-state index in [1.807, 2.05) is 19.0 Å². The molecule has 13 heteroatoms. The Balaban J connectivity index is 1.64. The highest BCUT2D eigenvalue weighted by Crippen LogP contribution is 2.29. The van der Waals surface area contributed by atoms with E-state index in [1.165, 1.54) is 30.5 Å². The largest absolute Gasteiger partial charge is 0.344 e. The number of nitrogens with zero attached hydrogens (tertiary/aromatic N) is 4. The highest BCUT2D eigenvalue weighted by atomic mass is 79.9. The van der Waals surface area contributed by atoms with Crippen LogP contribution in [0.15, 0.2) is 70.2 Å². The van der Waals surface area contributed by atoms with Gasteiger partial charge in [0.25, 0.3) is 0 Å². The van der Waals surface area contributed by atoms with E-state index in [4.69, 9.17) is 0 Å². The maximum absolute atomic E-state index is 14.9. The SMILES string of the molecule is CN(C)C/C=C/C(=O)Nc1ccc(F)c(NC2=C(c3cc(F)c(Br)c(F)c3)C=NC(Nc3cnn(C)c3)N2)c1. The molecular formula is C26H26BrF3N8O. The van der Waals surface area contributed by atoms with E-state index in [2.05, 4.69) is 47.3 Å². The zero-order chi connectivity index (χ0) is 28.1. The van der Waals surface area contributed by atoms with Gasteiger partial charge in [0.05, 0.1) is 22.0 Å². The van der Waals surface area contributed by atoms with Gasteiger partial charge in [-0.05, 0) is 65.9 Å². The van der Waals surface area contributed by atoms with Gasteiger partial charge in [-0.1, -0.05) is 6.08 Å². The topological polar surface area (TPSA) is 98.6 Å². The Morgan fingerprint density at radius 2 is 1.90 bits per heavy atom. The molecule has 39 heavy (non-hydrogen) atoms. The van der Waals surface area contributed by atoms with Crippen molar-refractivity contribution in [3.8, 4) is 0 Å². The van der Waals surface area contributed by atoms with Crippen molar-refractivity contribution in [3.05, 3.63) is 88.2 Å². The summed E-state index contributed by atoms with van der Waals surface area (Å²) in [7, 11) is 5.51. The van der Waals surface area contributed by atoms with Crippen molar-refractivity contribution in [1.82, 2.24) is 20.0 Å². The fraction of sp³-hybridized carbons (Fsp3) is 0.192. The number of halogens is 4. The molecule has 204 valence electrons. The van der Waals surface area contributed by atoms with Crippen LogP contribution in [0.2, 0.25) is 0 Å². The maximum Gasteiger partial charge on any atom is 0.248 e. The molecule has 1 atom stereocenters. The lowest BCUT2D eigenvalue weighted by molar-refractivity contribution is -0.111. The van der Waals surface area contributed by atoms with Gasteiger partial charge in [0, 0.05) is 43.3 Å². The van der Waals surface area contributed by atoms with Gasteiger partial charge in [-0.3, -0.25) is 9.48 Å². The number of aromatic nitrogens is 2. The summed E-state index contributed by atoms with van der Waals surface area (Å²) in [5.74, 6) is -2.38. The Bertz CT molecular complexity index is 1440. The van der Waals surface area contributed by atoms with Crippen molar-refractivity contribution in [2.45, 2.75) is 6.29 Å². The van der Waals surface area contributed by atoms with E-state index in [1.54, 1.807) is 30.2 Å². The molecule has 4 N–H and O–H groups in total. The molecule has 4 rings (SSSR count). The second kappa shape index (κ2) is 12.2. The predicted octanol–water partition coefficient (Wildman–Crippen LogP) is 4.51. The molecule has 0 bridgehead atoms. The molecule has 0 radical (unpaired) electrons. The van der Waals surface area contributed by atoms with E-state index in [0.717, 1.165) is 12.1 Å². The van der Waals surface area contributed by atoms with Gasteiger partial charge in [0.15, 0.2) is 6.29 Å². The maximum atomic E-state index is 14.9. The number of nitrogens with one attached hydrogen (secondary N) is 4. The summed E-state index contributed by atoms with van der Waals surface area (Å²) in [6.45, 7) is 0.583. The van der Waals surface area contributed by atoms with Crippen LogP contribution in [-0.4, -0.2) is 53.7 Å². The molecule has 1 amide bonds. The molecular weight excluding hydrogens is 577 g/mol. The van der Waals surface area contributed by atoms with Crippen molar-refractivity contribution >= 4 is 50.7 Å². The molecule has 1 unspecified atom stereocenters. The number of carbonyl (C=O) groups is 1. The van der Waals surface area contributed by atoms with Crippen molar-refractivity contribution in [1.29, 1.82) is 0 Å². The third-order valence-electron chi connectivity index (χ3n) is 5.44. The summed E-state index contributed by atoms with van der Waals surface area (Å²) in [6.07, 6.45) is 7.14. The lowest BCUT2D eigenvalue weighted by atomic mass is 10.1. The van der Waals surface area contributed by atoms with E-state index < -0.39 is 23.7 Å². The zero-order valence-corrected chi connectivity index (χ0v) is 22.9. The number of benzene rings is 2. The van der Waals surface area contributed by atoms with Crippen molar-refractivity contribution in [3.63, 3.8) is 0 Å². The van der Waals surface area contributed by atoms with Crippen LogP contribution in [-0.2, 0) is 11.8 Å². The standard InChI is InChI=1S/C26H26BrF3N8O/c1-37(2)8-4-5-23(39)33-16-6-7-19(28)22(11-16)35-25-18(15-9-20(29)24(27)21(30)10-15)13-31-26(36-25)34-17-12-32-38(3)14-17/h4-7,9-14,26,34-36H,8H2,1-3H3,(H,33,39)/b5-4+. The van der Waals surface area contributed by atoms with Crippen LogP contribution < -0.4 is 21.3 Å². The molecule has 0 saturated carbocycles. The fourth-order valence-corrected chi connectivity index (χ4v) is 3.84.